The number of aldehydes is 1. The number of carbonyl (C=O) groups is 1. The van der Waals surface area contributed by atoms with Crippen molar-refractivity contribution in [2.75, 3.05) is 25.0 Å². The van der Waals surface area contributed by atoms with Gasteiger partial charge in [-0.15, -0.1) is 11.3 Å². The minimum absolute atomic E-state index is 0.389. The molecule has 94 valence electrons. The lowest BCUT2D eigenvalue weighted by Crippen LogP contribution is -2.23. The van der Waals surface area contributed by atoms with Gasteiger partial charge in [0, 0.05) is 36.4 Å². The number of nitrogens with zero attached hydrogens (tertiary/aromatic N) is 2. The first-order valence-electron chi connectivity index (χ1n) is 5.64. The number of thiazole rings is 1. The van der Waals surface area contributed by atoms with Gasteiger partial charge in [-0.3, -0.25) is 4.98 Å². The average Bonchev–Trinajstić information content (AvgIpc) is 2.88. The SMILES string of the molecule is O=CCNCCNc1nc(-c2cccnc2)cs1. The summed E-state index contributed by atoms with van der Waals surface area (Å²) < 4.78 is 0. The molecule has 6 heteroatoms. The van der Waals surface area contributed by atoms with Crippen LogP contribution in [0, 0.1) is 0 Å². The van der Waals surface area contributed by atoms with Crippen molar-refractivity contribution in [1.29, 1.82) is 0 Å². The van der Waals surface area contributed by atoms with Crippen LogP contribution in [0.2, 0.25) is 0 Å². The molecule has 0 aliphatic heterocycles. The van der Waals surface area contributed by atoms with Crippen LogP contribution in [-0.4, -0.2) is 35.9 Å². The van der Waals surface area contributed by atoms with Crippen LogP contribution in [0.5, 0.6) is 0 Å². The van der Waals surface area contributed by atoms with Gasteiger partial charge in [0.25, 0.3) is 0 Å². The first-order valence-corrected chi connectivity index (χ1v) is 6.52. The first-order chi connectivity index (χ1) is 8.90. The van der Waals surface area contributed by atoms with Crippen molar-refractivity contribution in [3.05, 3.63) is 29.9 Å². The standard InChI is InChI=1S/C12H14N4OS/c17-7-6-13-4-5-15-12-16-11(9-18-12)10-2-1-3-14-8-10/h1-3,7-9,13H,4-6H2,(H,15,16). The second-order valence-electron chi connectivity index (χ2n) is 3.58. The normalized spacial score (nSPS) is 10.2. The minimum Gasteiger partial charge on any atom is -0.360 e. The maximum absolute atomic E-state index is 10.1. The molecular weight excluding hydrogens is 248 g/mol. The highest BCUT2D eigenvalue weighted by atomic mass is 32.1. The minimum atomic E-state index is 0.389. The van der Waals surface area contributed by atoms with Crippen molar-refractivity contribution in [3.63, 3.8) is 0 Å². The predicted octanol–water partition coefficient (Wildman–Crippen LogP) is 1.41. The average molecular weight is 262 g/mol. The summed E-state index contributed by atoms with van der Waals surface area (Å²) in [5.74, 6) is 0. The van der Waals surface area contributed by atoms with E-state index >= 15 is 0 Å². The highest BCUT2D eigenvalue weighted by Crippen LogP contribution is 2.23. The zero-order valence-electron chi connectivity index (χ0n) is 9.80. The molecule has 5 nitrogen and oxygen atoms in total. The summed E-state index contributed by atoms with van der Waals surface area (Å²) in [5.41, 5.74) is 1.94. The number of anilines is 1. The third-order valence-corrected chi connectivity index (χ3v) is 3.07. The van der Waals surface area contributed by atoms with Crippen molar-refractivity contribution in [2.45, 2.75) is 0 Å². The van der Waals surface area contributed by atoms with Crippen LogP contribution < -0.4 is 10.6 Å². The van der Waals surface area contributed by atoms with E-state index in [1.165, 1.54) is 0 Å². The van der Waals surface area contributed by atoms with Gasteiger partial charge in [0.1, 0.15) is 6.29 Å². The molecule has 0 aromatic carbocycles. The smallest absolute Gasteiger partial charge is 0.183 e. The topological polar surface area (TPSA) is 66.9 Å². The molecule has 0 fully saturated rings. The van der Waals surface area contributed by atoms with Gasteiger partial charge >= 0.3 is 0 Å². The zero-order chi connectivity index (χ0) is 12.6. The molecule has 2 heterocycles. The second kappa shape index (κ2) is 6.83. The van der Waals surface area contributed by atoms with E-state index in [4.69, 9.17) is 0 Å². The Morgan fingerprint density at radius 3 is 3.11 bits per heavy atom. The molecule has 2 aromatic heterocycles. The molecule has 0 aliphatic carbocycles. The second-order valence-corrected chi connectivity index (χ2v) is 4.44. The molecule has 2 N–H and O–H groups in total. The van der Waals surface area contributed by atoms with Crippen LogP contribution in [-0.2, 0) is 4.79 Å². The summed E-state index contributed by atoms with van der Waals surface area (Å²) in [4.78, 5) is 18.6. The van der Waals surface area contributed by atoms with E-state index in [-0.39, 0.29) is 0 Å². The molecule has 0 saturated carbocycles. The van der Waals surface area contributed by atoms with Crippen molar-refractivity contribution >= 4 is 22.8 Å². The van der Waals surface area contributed by atoms with E-state index in [1.807, 2.05) is 17.5 Å². The van der Waals surface area contributed by atoms with E-state index < -0.39 is 0 Å². The van der Waals surface area contributed by atoms with E-state index in [1.54, 1.807) is 23.7 Å². The Morgan fingerprint density at radius 1 is 1.39 bits per heavy atom. The highest BCUT2D eigenvalue weighted by Gasteiger charge is 2.03. The van der Waals surface area contributed by atoms with Gasteiger partial charge in [0.15, 0.2) is 5.13 Å². The predicted molar refractivity (Wildman–Crippen MR) is 72.8 cm³/mol. The number of aromatic nitrogens is 2. The molecular formula is C12H14N4OS. The number of rotatable bonds is 7. The molecule has 0 saturated heterocycles. The van der Waals surface area contributed by atoms with Gasteiger partial charge in [-0.25, -0.2) is 4.98 Å². The summed E-state index contributed by atoms with van der Waals surface area (Å²) in [6.45, 7) is 1.87. The largest absolute Gasteiger partial charge is 0.360 e. The van der Waals surface area contributed by atoms with Crippen molar-refractivity contribution < 1.29 is 4.79 Å². The van der Waals surface area contributed by atoms with Crippen LogP contribution in [0.15, 0.2) is 29.9 Å². The molecule has 0 radical (unpaired) electrons. The monoisotopic (exact) mass is 262 g/mol. The number of pyridine rings is 1. The van der Waals surface area contributed by atoms with Crippen LogP contribution in [0.25, 0.3) is 11.3 Å². The summed E-state index contributed by atoms with van der Waals surface area (Å²) in [6, 6.07) is 3.88. The Bertz CT molecular complexity index is 486. The Morgan fingerprint density at radius 2 is 2.33 bits per heavy atom. The molecule has 0 spiro atoms. The Labute approximate surface area is 109 Å². The maximum Gasteiger partial charge on any atom is 0.183 e. The molecule has 0 aliphatic rings. The Kier molecular flexibility index (Phi) is 4.80. The van der Waals surface area contributed by atoms with E-state index in [0.717, 1.165) is 35.8 Å². The fourth-order valence-electron chi connectivity index (χ4n) is 1.42. The third kappa shape index (κ3) is 3.61. The molecule has 0 amide bonds. The summed E-state index contributed by atoms with van der Waals surface area (Å²) in [5, 5.41) is 9.06. The fourth-order valence-corrected chi connectivity index (χ4v) is 2.17. The molecule has 18 heavy (non-hydrogen) atoms. The first kappa shape index (κ1) is 12.7. The van der Waals surface area contributed by atoms with E-state index in [0.29, 0.717) is 6.54 Å². The molecule has 0 bridgehead atoms. The van der Waals surface area contributed by atoms with Gasteiger partial charge in [-0.05, 0) is 12.1 Å². The lowest BCUT2D eigenvalue weighted by atomic mass is 10.2. The summed E-state index contributed by atoms with van der Waals surface area (Å²) >= 11 is 1.56. The van der Waals surface area contributed by atoms with Gasteiger partial charge in [0.2, 0.25) is 0 Å². The summed E-state index contributed by atoms with van der Waals surface area (Å²) in [6.07, 6.45) is 4.39. The molecule has 0 atom stereocenters. The maximum atomic E-state index is 10.1. The molecule has 2 rings (SSSR count). The van der Waals surface area contributed by atoms with Crippen LogP contribution >= 0.6 is 11.3 Å². The van der Waals surface area contributed by atoms with Gasteiger partial charge in [-0.1, -0.05) is 0 Å². The van der Waals surface area contributed by atoms with Gasteiger partial charge in [-0.2, -0.15) is 0 Å². The Hall–Kier alpha value is -1.79. The van der Waals surface area contributed by atoms with Gasteiger partial charge < -0.3 is 15.4 Å². The number of hydrogen-bond acceptors (Lipinski definition) is 6. The van der Waals surface area contributed by atoms with Crippen LogP contribution in [0.3, 0.4) is 0 Å². The van der Waals surface area contributed by atoms with Crippen molar-refractivity contribution in [3.8, 4) is 11.3 Å². The van der Waals surface area contributed by atoms with E-state index in [2.05, 4.69) is 20.6 Å². The zero-order valence-corrected chi connectivity index (χ0v) is 10.6. The van der Waals surface area contributed by atoms with Crippen LogP contribution in [0.1, 0.15) is 0 Å². The number of carbonyl (C=O) groups excluding carboxylic acids is 1. The lowest BCUT2D eigenvalue weighted by molar-refractivity contribution is -0.107. The number of nitrogens with one attached hydrogen (secondary N) is 2. The van der Waals surface area contributed by atoms with Crippen molar-refractivity contribution in [2.24, 2.45) is 0 Å². The van der Waals surface area contributed by atoms with Gasteiger partial charge in [0.05, 0.1) is 12.2 Å². The highest BCUT2D eigenvalue weighted by molar-refractivity contribution is 7.14. The fraction of sp³-hybridized carbons (Fsp3) is 0.250. The quantitative estimate of drug-likeness (QED) is 0.583. The third-order valence-electron chi connectivity index (χ3n) is 2.27. The van der Waals surface area contributed by atoms with E-state index in [9.17, 15) is 4.79 Å². The van der Waals surface area contributed by atoms with Crippen LogP contribution in [0.4, 0.5) is 5.13 Å². The van der Waals surface area contributed by atoms with Crippen molar-refractivity contribution in [1.82, 2.24) is 15.3 Å². The Balaban J connectivity index is 1.85. The number of hydrogen-bond donors (Lipinski definition) is 2. The molecule has 0 unspecified atom stereocenters. The lowest BCUT2D eigenvalue weighted by Gasteiger charge is -2.01. The summed E-state index contributed by atoms with van der Waals surface area (Å²) in [7, 11) is 0. The molecule has 2 aromatic rings.